The Bertz CT molecular complexity index is 1650. The van der Waals surface area contributed by atoms with Crippen LogP contribution in [-0.2, 0) is 16.3 Å². The molecule has 1 saturated heterocycles. The SMILES string of the molecule is COc1cc(S(C)(=O)=O)c(F)cc1NCC#Cc1sc2c(NC3CCN(CC(O)CO)CC3F)cccc2c1CC(F)(F)F. The predicted octanol–water partition coefficient (Wildman–Crippen LogP) is 4.20. The first-order valence-electron chi connectivity index (χ1n) is 13.5. The monoisotopic (exact) mass is 661 g/mol. The van der Waals surface area contributed by atoms with E-state index in [1.807, 2.05) is 0 Å². The van der Waals surface area contributed by atoms with Crippen molar-refractivity contribution in [3.63, 3.8) is 0 Å². The molecule has 4 N–H and O–H groups in total. The van der Waals surface area contributed by atoms with Gasteiger partial charge in [0.2, 0.25) is 0 Å². The van der Waals surface area contributed by atoms with Gasteiger partial charge < -0.3 is 25.6 Å². The molecule has 0 saturated carbocycles. The van der Waals surface area contributed by atoms with Gasteiger partial charge in [-0.1, -0.05) is 24.0 Å². The highest BCUT2D eigenvalue weighted by Crippen LogP contribution is 2.39. The molecular weight excluding hydrogens is 629 g/mol. The van der Waals surface area contributed by atoms with Gasteiger partial charge in [-0.25, -0.2) is 17.2 Å². The van der Waals surface area contributed by atoms with E-state index in [0.29, 0.717) is 28.7 Å². The maximum atomic E-state index is 15.1. The van der Waals surface area contributed by atoms with Gasteiger partial charge in [0.1, 0.15) is 22.6 Å². The number of nitrogens with zero attached hydrogens (tertiary/aromatic N) is 1. The second-order valence-electron chi connectivity index (χ2n) is 10.4. The number of hydrogen-bond donors (Lipinski definition) is 4. The summed E-state index contributed by atoms with van der Waals surface area (Å²) in [6, 6.07) is 6.19. The summed E-state index contributed by atoms with van der Waals surface area (Å²) in [6.45, 7) is 0.0812. The van der Waals surface area contributed by atoms with Crippen molar-refractivity contribution in [2.24, 2.45) is 0 Å². The van der Waals surface area contributed by atoms with Gasteiger partial charge in [0.15, 0.2) is 9.84 Å². The van der Waals surface area contributed by atoms with Gasteiger partial charge in [0.25, 0.3) is 0 Å². The van der Waals surface area contributed by atoms with E-state index in [4.69, 9.17) is 9.84 Å². The lowest BCUT2D eigenvalue weighted by Crippen LogP contribution is -2.50. The summed E-state index contributed by atoms with van der Waals surface area (Å²) in [6.07, 6.45) is -6.80. The highest BCUT2D eigenvalue weighted by atomic mass is 32.2. The minimum atomic E-state index is -4.52. The van der Waals surface area contributed by atoms with E-state index in [2.05, 4.69) is 22.5 Å². The van der Waals surface area contributed by atoms with Crippen LogP contribution in [0.1, 0.15) is 16.9 Å². The molecule has 240 valence electrons. The zero-order valence-corrected chi connectivity index (χ0v) is 25.5. The van der Waals surface area contributed by atoms with E-state index in [1.165, 1.54) is 7.11 Å². The molecule has 44 heavy (non-hydrogen) atoms. The van der Waals surface area contributed by atoms with Gasteiger partial charge in [-0.05, 0) is 23.4 Å². The Labute approximate surface area is 255 Å². The van der Waals surface area contributed by atoms with Crippen molar-refractivity contribution in [1.82, 2.24) is 4.90 Å². The average Bonchev–Trinajstić information content (AvgIpc) is 3.28. The molecule has 2 heterocycles. The van der Waals surface area contributed by atoms with Crippen molar-refractivity contribution in [2.45, 2.75) is 42.2 Å². The fourth-order valence-corrected chi connectivity index (χ4v) is 6.91. The number of anilines is 2. The molecule has 8 nitrogen and oxygen atoms in total. The topological polar surface area (TPSA) is 111 Å². The second kappa shape index (κ2) is 13.9. The summed E-state index contributed by atoms with van der Waals surface area (Å²) in [4.78, 5) is 1.34. The Morgan fingerprint density at radius 2 is 2.00 bits per heavy atom. The van der Waals surface area contributed by atoms with E-state index in [-0.39, 0.29) is 41.5 Å². The zero-order chi connectivity index (χ0) is 32.2. The first-order chi connectivity index (χ1) is 20.7. The molecule has 0 spiro atoms. The lowest BCUT2D eigenvalue weighted by atomic mass is 10.0. The fraction of sp³-hybridized carbons (Fsp3) is 0.448. The third-order valence-corrected chi connectivity index (χ3v) is 9.37. The molecule has 1 aliphatic heterocycles. The highest BCUT2D eigenvalue weighted by Gasteiger charge is 2.33. The lowest BCUT2D eigenvalue weighted by Gasteiger charge is -2.36. The predicted molar refractivity (Wildman–Crippen MR) is 159 cm³/mol. The summed E-state index contributed by atoms with van der Waals surface area (Å²) in [5, 5.41) is 25.0. The molecule has 0 aliphatic carbocycles. The molecule has 1 aliphatic rings. The van der Waals surface area contributed by atoms with E-state index in [9.17, 15) is 31.1 Å². The molecule has 1 aromatic heterocycles. The van der Waals surface area contributed by atoms with Crippen molar-refractivity contribution in [3.8, 4) is 17.6 Å². The van der Waals surface area contributed by atoms with Crippen LogP contribution in [0, 0.1) is 17.7 Å². The molecule has 3 atom stereocenters. The number of methoxy groups -OCH3 is 1. The minimum absolute atomic E-state index is 0.0145. The number of aliphatic hydroxyl groups excluding tert-OH is 2. The summed E-state index contributed by atoms with van der Waals surface area (Å²) >= 11 is 1.05. The van der Waals surface area contributed by atoms with Gasteiger partial charge in [0.05, 0.1) is 59.8 Å². The maximum absolute atomic E-state index is 15.1. The summed E-state index contributed by atoms with van der Waals surface area (Å²) in [7, 11) is -2.57. The van der Waals surface area contributed by atoms with Gasteiger partial charge in [-0.2, -0.15) is 13.2 Å². The number of halogens is 5. The van der Waals surface area contributed by atoms with E-state index in [1.54, 1.807) is 23.1 Å². The first-order valence-corrected chi connectivity index (χ1v) is 16.2. The van der Waals surface area contributed by atoms with Gasteiger partial charge in [-0.15, -0.1) is 11.3 Å². The van der Waals surface area contributed by atoms with Crippen LogP contribution in [-0.4, -0.2) is 94.2 Å². The molecule has 3 unspecified atom stereocenters. The van der Waals surface area contributed by atoms with Gasteiger partial charge in [-0.3, -0.25) is 4.90 Å². The zero-order valence-electron chi connectivity index (χ0n) is 23.8. The third-order valence-electron chi connectivity index (χ3n) is 7.06. The van der Waals surface area contributed by atoms with Crippen molar-refractivity contribution < 1.29 is 45.3 Å². The minimum Gasteiger partial charge on any atom is -0.495 e. The number of rotatable bonds is 10. The van der Waals surface area contributed by atoms with E-state index >= 15 is 4.39 Å². The number of likely N-dealkylation sites (tertiary alicyclic amines) is 1. The molecular formula is C29H32F5N3O5S2. The summed E-state index contributed by atoms with van der Waals surface area (Å²) in [5.41, 5.74) is 0.576. The first kappa shape index (κ1) is 33.7. The summed E-state index contributed by atoms with van der Waals surface area (Å²) < 4.78 is 99.5. The summed E-state index contributed by atoms with van der Waals surface area (Å²) in [5.74, 6) is 4.57. The van der Waals surface area contributed by atoms with Gasteiger partial charge in [0, 0.05) is 38.0 Å². The molecule has 4 rings (SSSR count). The normalized spacial score (nSPS) is 18.5. The fourth-order valence-electron chi connectivity index (χ4n) is 5.00. The number of fused-ring (bicyclic) bond motifs is 1. The highest BCUT2D eigenvalue weighted by molar-refractivity contribution is 7.90. The standard InChI is InChI=1S/C29H32F5N3O5S2/c1-42-25-12-27(44(2,40)41)20(30)11-24(25)35-9-4-7-26-19(13-29(32,33)34)18-5-3-6-23(28(18)43-26)36-22-8-10-37(15-21(22)31)14-17(39)16-38/h3,5-6,11-12,17,21-22,35-36,38-39H,8-10,13-16H2,1-2H3. The Hall–Kier alpha value is -3.16. The largest absolute Gasteiger partial charge is 0.495 e. The van der Waals surface area contributed by atoms with Crippen LogP contribution in [0.5, 0.6) is 5.75 Å². The number of benzene rings is 2. The van der Waals surface area contributed by atoms with Crippen molar-refractivity contribution in [1.29, 1.82) is 0 Å². The maximum Gasteiger partial charge on any atom is 0.393 e. The number of ether oxygens (including phenoxy) is 1. The third kappa shape index (κ3) is 8.30. The number of nitrogens with one attached hydrogen (secondary N) is 2. The van der Waals surface area contributed by atoms with Crippen LogP contribution in [0.4, 0.5) is 33.3 Å². The molecule has 1 fully saturated rings. The van der Waals surface area contributed by atoms with Crippen LogP contribution in [0.3, 0.4) is 0 Å². The smallest absolute Gasteiger partial charge is 0.393 e. The average molecular weight is 662 g/mol. The molecule has 2 aromatic carbocycles. The number of alkyl halides is 4. The molecule has 0 radical (unpaired) electrons. The number of hydrogen-bond acceptors (Lipinski definition) is 9. The molecule has 0 amide bonds. The number of sulfone groups is 1. The van der Waals surface area contributed by atoms with Crippen molar-refractivity contribution >= 4 is 42.6 Å². The Balaban J connectivity index is 1.57. The lowest BCUT2D eigenvalue weighted by molar-refractivity contribution is -0.126. The Kier molecular flexibility index (Phi) is 10.6. The van der Waals surface area contributed by atoms with Gasteiger partial charge >= 0.3 is 6.18 Å². The Morgan fingerprint density at radius 1 is 1.25 bits per heavy atom. The van der Waals surface area contributed by atoms with E-state index < -0.39 is 58.1 Å². The number of piperidine rings is 1. The number of aliphatic hydroxyl groups is 2. The van der Waals surface area contributed by atoms with Crippen LogP contribution in [0.15, 0.2) is 35.2 Å². The molecule has 15 heteroatoms. The van der Waals surface area contributed by atoms with Crippen LogP contribution >= 0.6 is 11.3 Å². The van der Waals surface area contributed by atoms with Crippen molar-refractivity contribution in [2.75, 3.05) is 56.8 Å². The van der Waals surface area contributed by atoms with Crippen LogP contribution < -0.4 is 15.4 Å². The van der Waals surface area contributed by atoms with Crippen LogP contribution in [0.25, 0.3) is 10.1 Å². The van der Waals surface area contributed by atoms with Crippen molar-refractivity contribution in [3.05, 3.63) is 46.6 Å². The Morgan fingerprint density at radius 3 is 2.64 bits per heavy atom. The second-order valence-corrected chi connectivity index (χ2v) is 13.5. The quantitative estimate of drug-likeness (QED) is 0.189. The number of thiophene rings is 1. The molecule has 3 aromatic rings. The van der Waals surface area contributed by atoms with Crippen LogP contribution in [0.2, 0.25) is 0 Å². The number of β-amino-alcohol motifs (C(OH)–C–C–N with tert-alkyl or cyclic N) is 1. The molecule has 0 bridgehead atoms. The van der Waals surface area contributed by atoms with E-state index in [0.717, 1.165) is 29.7 Å².